The highest BCUT2D eigenvalue weighted by Crippen LogP contribution is 2.31. The lowest BCUT2D eigenvalue weighted by atomic mass is 10.2. The topological polar surface area (TPSA) is 109 Å². The molecule has 0 radical (unpaired) electrons. The second-order valence-electron chi connectivity index (χ2n) is 4.32. The van der Waals surface area contributed by atoms with Crippen LogP contribution in [0.3, 0.4) is 0 Å². The van der Waals surface area contributed by atoms with Gasteiger partial charge in [0.1, 0.15) is 11.0 Å². The molecule has 1 unspecified atom stereocenters. The van der Waals surface area contributed by atoms with E-state index < -0.39 is 10.0 Å². The molecule has 1 aliphatic carbocycles. The molecule has 1 saturated carbocycles. The number of nitriles is 1. The molecule has 0 spiro atoms. The van der Waals surface area contributed by atoms with Crippen molar-refractivity contribution in [1.82, 2.24) is 9.71 Å². The molecular formula is C11H14N4O2S. The van der Waals surface area contributed by atoms with Crippen molar-refractivity contribution in [3.63, 3.8) is 0 Å². The van der Waals surface area contributed by atoms with E-state index in [4.69, 9.17) is 11.0 Å². The molecule has 0 saturated heterocycles. The van der Waals surface area contributed by atoms with Gasteiger partial charge in [-0.1, -0.05) is 0 Å². The third-order valence-electron chi connectivity index (χ3n) is 2.90. The highest BCUT2D eigenvalue weighted by Gasteiger charge is 2.29. The second kappa shape index (κ2) is 5.02. The molecule has 1 heterocycles. The Kier molecular flexibility index (Phi) is 3.61. The summed E-state index contributed by atoms with van der Waals surface area (Å²) in [6.07, 6.45) is 3.49. The first-order valence-electron chi connectivity index (χ1n) is 5.65. The predicted octanol–water partition coefficient (Wildman–Crippen LogP) is -0.0311. The molecule has 7 heteroatoms. The standard InChI is InChI=1S/C11H14N4O2S/c12-6-10-11(2-1-5-14-10)18(16,17)15-7-9(13)8-3-4-8/h1-2,5,8-9,15H,3-4,7,13H2. The fraction of sp³-hybridized carbons (Fsp3) is 0.455. The van der Waals surface area contributed by atoms with Crippen LogP contribution in [-0.4, -0.2) is 26.0 Å². The Balaban J connectivity index is 2.12. The van der Waals surface area contributed by atoms with E-state index in [2.05, 4.69) is 9.71 Å². The van der Waals surface area contributed by atoms with E-state index in [0.717, 1.165) is 12.8 Å². The van der Waals surface area contributed by atoms with Crippen molar-refractivity contribution < 1.29 is 8.42 Å². The van der Waals surface area contributed by atoms with Crippen molar-refractivity contribution in [2.45, 2.75) is 23.8 Å². The Morgan fingerprint density at radius 3 is 2.94 bits per heavy atom. The lowest BCUT2D eigenvalue weighted by molar-refractivity contribution is 0.547. The Labute approximate surface area is 106 Å². The number of nitrogens with two attached hydrogens (primary N) is 1. The van der Waals surface area contributed by atoms with Gasteiger partial charge in [0.15, 0.2) is 5.69 Å². The van der Waals surface area contributed by atoms with Crippen LogP contribution in [0.4, 0.5) is 0 Å². The third kappa shape index (κ3) is 2.85. The molecule has 0 aliphatic heterocycles. The SMILES string of the molecule is N#Cc1ncccc1S(=O)(=O)NCC(N)C1CC1. The maximum Gasteiger partial charge on any atom is 0.243 e. The molecule has 2 rings (SSSR count). The van der Waals surface area contributed by atoms with E-state index in [1.165, 1.54) is 18.3 Å². The predicted molar refractivity (Wildman–Crippen MR) is 64.8 cm³/mol. The second-order valence-corrected chi connectivity index (χ2v) is 6.05. The zero-order chi connectivity index (χ0) is 13.2. The number of sulfonamides is 1. The minimum absolute atomic E-state index is 0.101. The van der Waals surface area contributed by atoms with Crippen molar-refractivity contribution in [3.8, 4) is 6.07 Å². The van der Waals surface area contributed by atoms with Gasteiger partial charge in [0.2, 0.25) is 10.0 Å². The first-order valence-corrected chi connectivity index (χ1v) is 7.13. The van der Waals surface area contributed by atoms with Crippen LogP contribution in [-0.2, 0) is 10.0 Å². The van der Waals surface area contributed by atoms with Crippen LogP contribution in [0.1, 0.15) is 18.5 Å². The maximum atomic E-state index is 12.0. The van der Waals surface area contributed by atoms with E-state index in [9.17, 15) is 8.42 Å². The number of nitrogens with zero attached hydrogens (tertiary/aromatic N) is 2. The smallest absolute Gasteiger partial charge is 0.243 e. The minimum atomic E-state index is -3.72. The van der Waals surface area contributed by atoms with Crippen LogP contribution in [0, 0.1) is 17.2 Å². The molecule has 3 N–H and O–H groups in total. The summed E-state index contributed by atoms with van der Waals surface area (Å²) in [7, 11) is -3.72. The van der Waals surface area contributed by atoms with Crippen molar-refractivity contribution in [2.24, 2.45) is 11.7 Å². The number of nitrogens with one attached hydrogen (secondary N) is 1. The first kappa shape index (κ1) is 13.0. The molecule has 1 aromatic heterocycles. The summed E-state index contributed by atoms with van der Waals surface area (Å²) >= 11 is 0. The van der Waals surface area contributed by atoms with E-state index in [1.807, 2.05) is 0 Å². The van der Waals surface area contributed by atoms with Gasteiger partial charge < -0.3 is 5.73 Å². The minimum Gasteiger partial charge on any atom is -0.326 e. The molecule has 1 aliphatic rings. The van der Waals surface area contributed by atoms with Crippen LogP contribution in [0.25, 0.3) is 0 Å². The van der Waals surface area contributed by atoms with Gasteiger partial charge in [0.05, 0.1) is 0 Å². The number of hydrogen-bond donors (Lipinski definition) is 2. The van der Waals surface area contributed by atoms with Crippen molar-refractivity contribution in [2.75, 3.05) is 6.54 Å². The number of hydrogen-bond acceptors (Lipinski definition) is 5. The average molecular weight is 266 g/mol. The van der Waals surface area contributed by atoms with Gasteiger partial charge in [-0.25, -0.2) is 18.1 Å². The third-order valence-corrected chi connectivity index (χ3v) is 4.36. The van der Waals surface area contributed by atoms with Crippen LogP contribution in [0.2, 0.25) is 0 Å². The van der Waals surface area contributed by atoms with E-state index in [0.29, 0.717) is 5.92 Å². The fourth-order valence-corrected chi connectivity index (χ4v) is 2.84. The summed E-state index contributed by atoms with van der Waals surface area (Å²) in [6, 6.07) is 4.44. The van der Waals surface area contributed by atoms with Gasteiger partial charge in [-0.2, -0.15) is 5.26 Å². The summed E-state index contributed by atoms with van der Waals surface area (Å²) in [6.45, 7) is 0.187. The van der Waals surface area contributed by atoms with Crippen molar-refractivity contribution in [3.05, 3.63) is 24.0 Å². The Hall–Kier alpha value is -1.49. The molecule has 96 valence electrons. The van der Waals surface area contributed by atoms with Crippen molar-refractivity contribution in [1.29, 1.82) is 5.26 Å². The van der Waals surface area contributed by atoms with E-state index >= 15 is 0 Å². The molecule has 1 fully saturated rings. The largest absolute Gasteiger partial charge is 0.326 e. The quantitative estimate of drug-likeness (QED) is 0.777. The summed E-state index contributed by atoms with van der Waals surface area (Å²) < 4.78 is 26.4. The fourth-order valence-electron chi connectivity index (χ4n) is 1.67. The monoisotopic (exact) mass is 266 g/mol. The van der Waals surface area contributed by atoms with Gasteiger partial charge >= 0.3 is 0 Å². The number of rotatable bonds is 5. The van der Waals surface area contributed by atoms with Crippen LogP contribution in [0.5, 0.6) is 0 Å². The Morgan fingerprint density at radius 2 is 2.33 bits per heavy atom. The van der Waals surface area contributed by atoms with E-state index in [1.54, 1.807) is 6.07 Å². The van der Waals surface area contributed by atoms with Crippen LogP contribution in [0.15, 0.2) is 23.2 Å². The normalized spacial score (nSPS) is 17.1. The molecule has 6 nitrogen and oxygen atoms in total. The lowest BCUT2D eigenvalue weighted by Crippen LogP contribution is -2.38. The molecule has 18 heavy (non-hydrogen) atoms. The molecule has 0 amide bonds. The molecule has 0 bridgehead atoms. The van der Waals surface area contributed by atoms with Gasteiger partial charge in [0.25, 0.3) is 0 Å². The van der Waals surface area contributed by atoms with Gasteiger partial charge in [-0.15, -0.1) is 0 Å². The van der Waals surface area contributed by atoms with Crippen LogP contribution < -0.4 is 10.5 Å². The summed E-state index contributed by atoms with van der Waals surface area (Å²) in [4.78, 5) is 3.63. The summed E-state index contributed by atoms with van der Waals surface area (Å²) in [5, 5.41) is 8.83. The van der Waals surface area contributed by atoms with Gasteiger partial charge in [-0.3, -0.25) is 0 Å². The number of aromatic nitrogens is 1. The van der Waals surface area contributed by atoms with Gasteiger partial charge in [-0.05, 0) is 30.9 Å². The van der Waals surface area contributed by atoms with Crippen molar-refractivity contribution >= 4 is 10.0 Å². The molecule has 0 aromatic carbocycles. The zero-order valence-electron chi connectivity index (χ0n) is 9.70. The van der Waals surface area contributed by atoms with E-state index in [-0.39, 0.29) is 23.2 Å². The Morgan fingerprint density at radius 1 is 1.61 bits per heavy atom. The molecular weight excluding hydrogens is 252 g/mol. The average Bonchev–Trinajstić information content (AvgIpc) is 3.20. The molecule has 1 aromatic rings. The maximum absolute atomic E-state index is 12.0. The summed E-state index contributed by atoms with van der Waals surface area (Å²) in [5.41, 5.74) is 5.72. The first-order chi connectivity index (χ1) is 8.54. The Bertz CT molecular complexity index is 575. The lowest BCUT2D eigenvalue weighted by Gasteiger charge is -2.12. The summed E-state index contributed by atoms with van der Waals surface area (Å²) in [5.74, 6) is 0.414. The zero-order valence-corrected chi connectivity index (χ0v) is 10.5. The van der Waals surface area contributed by atoms with Gasteiger partial charge in [0, 0.05) is 18.8 Å². The van der Waals surface area contributed by atoms with Crippen LogP contribution >= 0.6 is 0 Å². The molecule has 1 atom stereocenters. The number of pyridine rings is 1. The highest BCUT2D eigenvalue weighted by atomic mass is 32.2. The highest BCUT2D eigenvalue weighted by molar-refractivity contribution is 7.89.